The standard InChI is InChI=1S/C16H20O3.C10H12N2/c1-12-8-9-18-16(17)15(10-13(2)19-12)11-14-6-4-3-5-7-14;1-7-5-6-12-10(8(7)2)9(3)11-4/h3-7,13,15H,1,8-11H2,2H3;5-6H,3-4H2,1-2H3. The average Bonchev–Trinajstić information content (AvgIpc) is 2.80. The summed E-state index contributed by atoms with van der Waals surface area (Å²) in [4.78, 5) is 20.0. The van der Waals surface area contributed by atoms with Crippen LogP contribution in [0.25, 0.3) is 5.70 Å². The first-order chi connectivity index (χ1) is 14.8. The minimum atomic E-state index is -0.150. The minimum absolute atomic E-state index is 0.00753. The van der Waals surface area contributed by atoms with Gasteiger partial charge in [0.1, 0.15) is 0 Å². The van der Waals surface area contributed by atoms with Gasteiger partial charge in [0.25, 0.3) is 0 Å². The predicted molar refractivity (Wildman–Crippen MR) is 126 cm³/mol. The number of pyridine rings is 1. The molecule has 0 N–H and O–H groups in total. The van der Waals surface area contributed by atoms with Gasteiger partial charge in [-0.1, -0.05) is 43.5 Å². The molecule has 2 atom stereocenters. The maximum atomic E-state index is 12.1. The molecule has 3 rings (SSSR count). The van der Waals surface area contributed by atoms with E-state index >= 15 is 0 Å². The third-order valence-corrected chi connectivity index (χ3v) is 5.21. The summed E-state index contributed by atoms with van der Waals surface area (Å²) in [5.74, 6) is 0.415. The van der Waals surface area contributed by atoms with Gasteiger partial charge in [0, 0.05) is 12.6 Å². The van der Waals surface area contributed by atoms with E-state index in [2.05, 4.69) is 29.9 Å². The Morgan fingerprint density at radius 3 is 2.61 bits per heavy atom. The van der Waals surface area contributed by atoms with E-state index in [4.69, 9.17) is 9.47 Å². The second kappa shape index (κ2) is 11.8. The largest absolute Gasteiger partial charge is 0.496 e. The van der Waals surface area contributed by atoms with Gasteiger partial charge in [0.05, 0.1) is 35.8 Å². The molecule has 0 aliphatic carbocycles. The number of carbonyl (C=O) groups excluding carboxylic acids is 1. The summed E-state index contributed by atoms with van der Waals surface area (Å²) >= 11 is 0. The van der Waals surface area contributed by atoms with Gasteiger partial charge < -0.3 is 9.47 Å². The van der Waals surface area contributed by atoms with Crippen LogP contribution in [0.1, 0.15) is 42.1 Å². The molecule has 5 nitrogen and oxygen atoms in total. The number of rotatable bonds is 4. The number of hydrogen-bond acceptors (Lipinski definition) is 5. The summed E-state index contributed by atoms with van der Waals surface area (Å²) in [6, 6.07) is 12.0. The van der Waals surface area contributed by atoms with E-state index < -0.39 is 0 Å². The Morgan fingerprint density at radius 1 is 1.23 bits per heavy atom. The van der Waals surface area contributed by atoms with Crippen molar-refractivity contribution in [1.82, 2.24) is 4.98 Å². The number of benzene rings is 1. The van der Waals surface area contributed by atoms with Crippen LogP contribution in [0.5, 0.6) is 0 Å². The summed E-state index contributed by atoms with van der Waals surface area (Å²) < 4.78 is 10.9. The van der Waals surface area contributed by atoms with E-state index in [1.807, 2.05) is 57.2 Å². The molecule has 1 aliphatic rings. The Hall–Kier alpha value is -3.21. The van der Waals surface area contributed by atoms with Crippen molar-refractivity contribution in [1.29, 1.82) is 0 Å². The molecule has 0 radical (unpaired) electrons. The second-order valence-corrected chi connectivity index (χ2v) is 7.71. The lowest BCUT2D eigenvalue weighted by Gasteiger charge is -2.19. The number of aryl methyl sites for hydroxylation is 1. The molecule has 0 spiro atoms. The van der Waals surface area contributed by atoms with Gasteiger partial charge in [-0.15, -0.1) is 0 Å². The third-order valence-electron chi connectivity index (χ3n) is 5.21. The Labute approximate surface area is 185 Å². The molecular formula is C26H32N2O3. The quantitative estimate of drug-likeness (QED) is 0.486. The molecule has 0 saturated carbocycles. The third kappa shape index (κ3) is 7.52. The van der Waals surface area contributed by atoms with Crippen molar-refractivity contribution in [3.05, 3.63) is 83.9 Å². The first-order valence-corrected chi connectivity index (χ1v) is 10.4. The Balaban J connectivity index is 0.000000245. The summed E-state index contributed by atoms with van der Waals surface area (Å²) in [6.45, 7) is 17.4. The molecule has 1 aromatic heterocycles. The maximum Gasteiger partial charge on any atom is 0.309 e. The van der Waals surface area contributed by atoms with Gasteiger partial charge >= 0.3 is 5.97 Å². The molecular weight excluding hydrogens is 388 g/mol. The molecule has 1 saturated heterocycles. The van der Waals surface area contributed by atoms with Crippen molar-refractivity contribution in [3.8, 4) is 0 Å². The number of aliphatic imine (C=N–C) groups is 1. The van der Waals surface area contributed by atoms with Gasteiger partial charge in [0.2, 0.25) is 0 Å². The van der Waals surface area contributed by atoms with Crippen LogP contribution in [-0.4, -0.2) is 30.4 Å². The second-order valence-electron chi connectivity index (χ2n) is 7.71. The lowest BCUT2D eigenvalue weighted by molar-refractivity contribution is -0.148. The monoisotopic (exact) mass is 420 g/mol. The number of nitrogens with zero attached hydrogens (tertiary/aromatic N) is 2. The molecule has 2 aromatic rings. The van der Waals surface area contributed by atoms with Gasteiger partial charge in [-0.05, 0) is 63.1 Å². The summed E-state index contributed by atoms with van der Waals surface area (Å²) in [6.07, 6.45) is 3.68. The van der Waals surface area contributed by atoms with Crippen LogP contribution in [0.4, 0.5) is 0 Å². The minimum Gasteiger partial charge on any atom is -0.496 e. The van der Waals surface area contributed by atoms with E-state index in [0.717, 1.165) is 16.8 Å². The fourth-order valence-corrected chi connectivity index (χ4v) is 3.34. The highest BCUT2D eigenvalue weighted by atomic mass is 16.5. The lowest BCUT2D eigenvalue weighted by atomic mass is 9.94. The van der Waals surface area contributed by atoms with Crippen LogP contribution in [0, 0.1) is 19.8 Å². The normalized spacial score (nSPS) is 18.8. The van der Waals surface area contributed by atoms with Crippen molar-refractivity contribution in [2.75, 3.05) is 6.61 Å². The Kier molecular flexibility index (Phi) is 9.19. The van der Waals surface area contributed by atoms with Crippen LogP contribution in [0.2, 0.25) is 0 Å². The van der Waals surface area contributed by atoms with Crippen LogP contribution in [0.15, 0.2) is 66.5 Å². The fourth-order valence-electron chi connectivity index (χ4n) is 3.34. The number of cyclic esters (lactones) is 1. The van der Waals surface area contributed by atoms with Crippen molar-refractivity contribution in [2.45, 2.75) is 46.1 Å². The fraction of sp³-hybridized carbons (Fsp3) is 0.346. The number of carbonyl (C=O) groups is 1. The average molecular weight is 421 g/mol. The zero-order chi connectivity index (χ0) is 22.8. The van der Waals surface area contributed by atoms with E-state index in [-0.39, 0.29) is 18.0 Å². The Morgan fingerprint density at radius 2 is 1.94 bits per heavy atom. The van der Waals surface area contributed by atoms with Gasteiger partial charge in [-0.25, -0.2) is 0 Å². The number of aromatic nitrogens is 1. The van der Waals surface area contributed by atoms with E-state index in [9.17, 15) is 4.79 Å². The molecule has 0 amide bonds. The zero-order valence-electron chi connectivity index (χ0n) is 18.8. The smallest absolute Gasteiger partial charge is 0.309 e. The number of ether oxygens (including phenoxy) is 2. The highest BCUT2D eigenvalue weighted by Crippen LogP contribution is 2.21. The van der Waals surface area contributed by atoms with Gasteiger partial charge in [-0.2, -0.15) is 0 Å². The summed E-state index contributed by atoms with van der Waals surface area (Å²) in [5.41, 5.74) is 4.94. The molecule has 1 fully saturated rings. The van der Waals surface area contributed by atoms with Gasteiger partial charge in [0.15, 0.2) is 0 Å². The molecule has 31 heavy (non-hydrogen) atoms. The van der Waals surface area contributed by atoms with E-state index in [0.29, 0.717) is 37.3 Å². The zero-order valence-corrected chi connectivity index (χ0v) is 18.8. The van der Waals surface area contributed by atoms with Crippen LogP contribution >= 0.6 is 0 Å². The Bertz CT molecular complexity index is 922. The van der Waals surface area contributed by atoms with Crippen molar-refractivity contribution >= 4 is 18.4 Å². The van der Waals surface area contributed by atoms with E-state index in [1.54, 1.807) is 6.20 Å². The molecule has 1 aliphatic heterocycles. The highest BCUT2D eigenvalue weighted by Gasteiger charge is 2.25. The summed E-state index contributed by atoms with van der Waals surface area (Å²) in [7, 11) is 0. The highest BCUT2D eigenvalue weighted by molar-refractivity contribution is 5.73. The first-order valence-electron chi connectivity index (χ1n) is 10.4. The summed E-state index contributed by atoms with van der Waals surface area (Å²) in [5, 5.41) is 0. The molecule has 5 heteroatoms. The van der Waals surface area contributed by atoms with Crippen molar-refractivity contribution in [2.24, 2.45) is 10.9 Å². The SMILES string of the molecule is C=C1CCOC(=O)C(Cc2ccccc2)CC(C)O1.C=NC(=C)c1nccc(C)c1C. The number of hydrogen-bond donors (Lipinski definition) is 0. The molecule has 164 valence electrons. The first kappa shape index (κ1) is 24.1. The van der Waals surface area contributed by atoms with E-state index in [1.165, 1.54) is 5.56 Å². The van der Waals surface area contributed by atoms with Crippen molar-refractivity contribution < 1.29 is 14.3 Å². The molecule has 2 unspecified atom stereocenters. The van der Waals surface area contributed by atoms with Crippen LogP contribution in [0.3, 0.4) is 0 Å². The lowest BCUT2D eigenvalue weighted by Crippen LogP contribution is -2.23. The van der Waals surface area contributed by atoms with Crippen molar-refractivity contribution in [3.63, 3.8) is 0 Å². The van der Waals surface area contributed by atoms with Crippen LogP contribution < -0.4 is 0 Å². The van der Waals surface area contributed by atoms with Crippen LogP contribution in [-0.2, 0) is 20.7 Å². The number of esters is 1. The maximum absolute atomic E-state index is 12.1. The molecule has 1 aromatic carbocycles. The topological polar surface area (TPSA) is 60.8 Å². The predicted octanol–water partition coefficient (Wildman–Crippen LogP) is 5.47. The molecule has 2 heterocycles. The van der Waals surface area contributed by atoms with Gasteiger partial charge in [-0.3, -0.25) is 14.8 Å². The molecule has 0 bridgehead atoms.